The molecule has 1 aliphatic rings. The van der Waals surface area contributed by atoms with Crippen molar-refractivity contribution in [2.75, 3.05) is 21.3 Å². The highest BCUT2D eigenvalue weighted by atomic mass is 16.5. The van der Waals surface area contributed by atoms with E-state index in [1.54, 1.807) is 0 Å². The van der Waals surface area contributed by atoms with Crippen LogP contribution in [0.15, 0.2) is 12.1 Å². The van der Waals surface area contributed by atoms with Crippen LogP contribution in [0.25, 0.3) is 5.76 Å². The summed E-state index contributed by atoms with van der Waals surface area (Å²) in [6, 6.07) is 1.12. The van der Waals surface area contributed by atoms with Crippen LogP contribution in [-0.4, -0.2) is 49.8 Å². The summed E-state index contributed by atoms with van der Waals surface area (Å²) < 4.78 is 14.2. The fourth-order valence-corrected chi connectivity index (χ4v) is 1.97. The number of nitrogens with zero attached hydrogens (tertiary/aromatic N) is 1. The SMILES string of the molecule is COC(=O)c1cc(C(=O)OC)c2c(n1)C(=O)C(=O)C=C2OC. The molecule has 2 rings (SSSR count). The standard InChI is InChI=1S/C14H11NO7/c1-20-9-5-8(16)12(17)11-10(9)6(13(18)21-2)4-7(15-11)14(19)22-3/h4-5H,1-3H3. The van der Waals surface area contributed by atoms with Crippen LogP contribution >= 0.6 is 0 Å². The van der Waals surface area contributed by atoms with Crippen LogP contribution in [0.2, 0.25) is 0 Å². The zero-order chi connectivity index (χ0) is 16.4. The van der Waals surface area contributed by atoms with Crippen molar-refractivity contribution in [1.82, 2.24) is 4.98 Å². The van der Waals surface area contributed by atoms with Crippen LogP contribution in [0, 0.1) is 0 Å². The fourth-order valence-electron chi connectivity index (χ4n) is 1.97. The smallest absolute Gasteiger partial charge is 0.356 e. The number of fused-ring (bicyclic) bond motifs is 1. The van der Waals surface area contributed by atoms with E-state index in [0.29, 0.717) is 0 Å². The molecule has 8 heteroatoms. The van der Waals surface area contributed by atoms with Gasteiger partial charge in [0.1, 0.15) is 17.1 Å². The molecule has 0 amide bonds. The first kappa shape index (κ1) is 15.4. The molecule has 22 heavy (non-hydrogen) atoms. The van der Waals surface area contributed by atoms with Crippen molar-refractivity contribution in [2.24, 2.45) is 0 Å². The fraction of sp³-hybridized carbons (Fsp3) is 0.214. The van der Waals surface area contributed by atoms with Crippen molar-refractivity contribution in [2.45, 2.75) is 0 Å². The average Bonchev–Trinajstić information content (AvgIpc) is 2.55. The summed E-state index contributed by atoms with van der Waals surface area (Å²) >= 11 is 0. The number of allylic oxidation sites excluding steroid dienone is 1. The number of methoxy groups -OCH3 is 3. The molecule has 0 bridgehead atoms. The first-order chi connectivity index (χ1) is 10.4. The first-order valence-electron chi connectivity index (χ1n) is 6.01. The minimum atomic E-state index is -0.952. The molecule has 1 aromatic rings. The monoisotopic (exact) mass is 305 g/mol. The molecule has 0 spiro atoms. The molecule has 0 fully saturated rings. The lowest BCUT2D eigenvalue weighted by Gasteiger charge is -2.18. The average molecular weight is 305 g/mol. The molecule has 0 saturated heterocycles. The molecule has 0 radical (unpaired) electrons. The van der Waals surface area contributed by atoms with Gasteiger partial charge in [-0.1, -0.05) is 0 Å². The number of Topliss-reactive ketones (excluding diaryl/α,β-unsaturated/α-hetero) is 1. The maximum Gasteiger partial charge on any atom is 0.356 e. The zero-order valence-electron chi connectivity index (χ0n) is 12.0. The third-order valence-electron chi connectivity index (χ3n) is 2.99. The lowest BCUT2D eigenvalue weighted by Crippen LogP contribution is -2.25. The summed E-state index contributed by atoms with van der Waals surface area (Å²) in [7, 11) is 3.53. The zero-order valence-corrected chi connectivity index (χ0v) is 12.0. The van der Waals surface area contributed by atoms with Gasteiger partial charge in [-0.05, 0) is 6.07 Å². The van der Waals surface area contributed by atoms with Gasteiger partial charge in [-0.25, -0.2) is 14.6 Å². The molecule has 1 heterocycles. The summed E-state index contributed by atoms with van der Waals surface area (Å²) in [5, 5.41) is 0. The highest BCUT2D eigenvalue weighted by molar-refractivity contribution is 6.50. The largest absolute Gasteiger partial charge is 0.496 e. The normalized spacial score (nSPS) is 13.1. The molecule has 0 aliphatic heterocycles. The molecule has 0 saturated carbocycles. The van der Waals surface area contributed by atoms with Crippen LogP contribution in [0.1, 0.15) is 36.9 Å². The second kappa shape index (κ2) is 5.76. The first-order valence-corrected chi connectivity index (χ1v) is 6.01. The topological polar surface area (TPSA) is 109 Å². The Balaban J connectivity index is 2.82. The highest BCUT2D eigenvalue weighted by Crippen LogP contribution is 2.29. The van der Waals surface area contributed by atoms with E-state index >= 15 is 0 Å². The van der Waals surface area contributed by atoms with Crippen molar-refractivity contribution in [3.63, 3.8) is 0 Å². The number of rotatable bonds is 3. The number of ether oxygens (including phenoxy) is 3. The third-order valence-corrected chi connectivity index (χ3v) is 2.99. The van der Waals surface area contributed by atoms with Crippen molar-refractivity contribution in [3.05, 3.63) is 34.7 Å². The van der Waals surface area contributed by atoms with Crippen LogP contribution in [-0.2, 0) is 19.0 Å². The number of esters is 2. The number of carbonyl (C=O) groups excluding carboxylic acids is 4. The maximum atomic E-state index is 12.0. The van der Waals surface area contributed by atoms with Gasteiger partial charge in [-0.2, -0.15) is 0 Å². The quantitative estimate of drug-likeness (QED) is 0.583. The lowest BCUT2D eigenvalue weighted by atomic mass is 9.93. The number of hydrogen-bond donors (Lipinski definition) is 0. The molecule has 0 unspecified atom stereocenters. The van der Waals surface area contributed by atoms with Gasteiger partial charge in [0.25, 0.3) is 5.78 Å². The molecular weight excluding hydrogens is 294 g/mol. The Morgan fingerprint density at radius 1 is 1.05 bits per heavy atom. The van der Waals surface area contributed by atoms with Gasteiger partial charge < -0.3 is 14.2 Å². The Bertz CT molecular complexity index is 733. The van der Waals surface area contributed by atoms with Crippen molar-refractivity contribution in [1.29, 1.82) is 0 Å². The van der Waals surface area contributed by atoms with Gasteiger partial charge in [0.05, 0.1) is 32.5 Å². The highest BCUT2D eigenvalue weighted by Gasteiger charge is 2.34. The second-order valence-corrected chi connectivity index (χ2v) is 4.17. The Morgan fingerprint density at radius 3 is 2.23 bits per heavy atom. The Morgan fingerprint density at radius 2 is 1.68 bits per heavy atom. The maximum absolute atomic E-state index is 12.0. The predicted molar refractivity (Wildman–Crippen MR) is 71.2 cm³/mol. The minimum Gasteiger partial charge on any atom is -0.496 e. The third kappa shape index (κ3) is 2.34. The Hall–Kier alpha value is -3.03. The van der Waals surface area contributed by atoms with E-state index in [4.69, 9.17) is 4.74 Å². The molecule has 0 N–H and O–H groups in total. The number of carbonyl (C=O) groups is 4. The van der Waals surface area contributed by atoms with Crippen LogP contribution in [0.4, 0.5) is 0 Å². The van der Waals surface area contributed by atoms with Gasteiger partial charge >= 0.3 is 11.9 Å². The van der Waals surface area contributed by atoms with E-state index in [1.807, 2.05) is 0 Å². The molecular formula is C14H11NO7. The summed E-state index contributed by atoms with van der Waals surface area (Å²) in [4.78, 5) is 51.0. The van der Waals surface area contributed by atoms with Gasteiger partial charge in [0.15, 0.2) is 0 Å². The molecule has 114 valence electrons. The van der Waals surface area contributed by atoms with E-state index in [1.165, 1.54) is 7.11 Å². The molecule has 0 atom stereocenters. The van der Waals surface area contributed by atoms with E-state index in [-0.39, 0.29) is 28.3 Å². The summed E-state index contributed by atoms with van der Waals surface area (Å²) in [6.07, 6.45) is 0.955. The molecule has 1 aromatic heterocycles. The van der Waals surface area contributed by atoms with Gasteiger partial charge in [0, 0.05) is 6.08 Å². The van der Waals surface area contributed by atoms with Gasteiger partial charge in [-0.15, -0.1) is 0 Å². The van der Waals surface area contributed by atoms with Crippen LogP contribution in [0.3, 0.4) is 0 Å². The number of pyridine rings is 1. The van der Waals surface area contributed by atoms with Gasteiger partial charge in [-0.3, -0.25) is 9.59 Å². The van der Waals surface area contributed by atoms with Crippen molar-refractivity contribution < 1.29 is 33.4 Å². The van der Waals surface area contributed by atoms with E-state index in [2.05, 4.69) is 14.5 Å². The molecule has 0 aromatic carbocycles. The predicted octanol–water partition coefficient (Wildman–Crippen LogP) is 0.407. The summed E-state index contributed by atoms with van der Waals surface area (Å²) in [5.41, 5.74) is -0.763. The lowest BCUT2D eigenvalue weighted by molar-refractivity contribution is -0.111. The number of ketones is 2. The van der Waals surface area contributed by atoms with Gasteiger partial charge in [0.2, 0.25) is 5.78 Å². The second-order valence-electron chi connectivity index (χ2n) is 4.17. The van der Waals surface area contributed by atoms with E-state index < -0.39 is 23.5 Å². The molecule has 8 nitrogen and oxygen atoms in total. The Kier molecular flexibility index (Phi) is 4.02. The van der Waals surface area contributed by atoms with E-state index in [0.717, 1.165) is 26.4 Å². The van der Waals surface area contributed by atoms with Crippen LogP contribution < -0.4 is 0 Å². The number of hydrogen-bond acceptors (Lipinski definition) is 8. The van der Waals surface area contributed by atoms with Crippen LogP contribution in [0.5, 0.6) is 0 Å². The summed E-state index contributed by atoms with van der Waals surface area (Å²) in [5.74, 6) is -3.50. The van der Waals surface area contributed by atoms with Crippen molar-refractivity contribution in [3.8, 4) is 0 Å². The number of aromatic nitrogens is 1. The molecule has 1 aliphatic carbocycles. The van der Waals surface area contributed by atoms with E-state index in [9.17, 15) is 19.2 Å². The minimum absolute atomic E-state index is 0.00611. The Labute approximate surface area is 124 Å². The van der Waals surface area contributed by atoms with Crippen molar-refractivity contribution >= 4 is 29.3 Å². The summed E-state index contributed by atoms with van der Waals surface area (Å²) in [6.45, 7) is 0.